The number of amides is 1. The van der Waals surface area contributed by atoms with Gasteiger partial charge in [-0.2, -0.15) is 13.2 Å². The van der Waals surface area contributed by atoms with E-state index in [0.29, 0.717) is 16.9 Å². The van der Waals surface area contributed by atoms with Crippen molar-refractivity contribution in [2.24, 2.45) is 0 Å². The van der Waals surface area contributed by atoms with E-state index in [9.17, 15) is 18.0 Å². The minimum atomic E-state index is -4.46. The quantitative estimate of drug-likeness (QED) is 0.623. The van der Waals surface area contributed by atoms with Crippen molar-refractivity contribution in [2.75, 3.05) is 11.2 Å². The minimum Gasteiger partial charge on any atom is -0.336 e. The fourth-order valence-corrected chi connectivity index (χ4v) is 2.99. The normalized spacial score (nSPS) is 15.8. The van der Waals surface area contributed by atoms with Crippen LogP contribution in [0.25, 0.3) is 0 Å². The highest BCUT2D eigenvalue weighted by atomic mass is 32.2. The molecular formula is C15H16F3N5OS. The van der Waals surface area contributed by atoms with Gasteiger partial charge >= 0.3 is 6.18 Å². The summed E-state index contributed by atoms with van der Waals surface area (Å²) in [6.07, 6.45) is -2.42. The van der Waals surface area contributed by atoms with Gasteiger partial charge in [0.15, 0.2) is 5.82 Å². The molecule has 0 bridgehead atoms. The molecular weight excluding hydrogens is 355 g/mol. The minimum absolute atomic E-state index is 0.0835. The maximum atomic E-state index is 12.7. The Hall–Kier alpha value is -2.23. The van der Waals surface area contributed by atoms with E-state index in [0.717, 1.165) is 36.7 Å². The summed E-state index contributed by atoms with van der Waals surface area (Å²) in [4.78, 5) is 12.2. The topological polar surface area (TPSA) is 85.8 Å². The first-order valence-electron chi connectivity index (χ1n) is 7.61. The van der Waals surface area contributed by atoms with Gasteiger partial charge in [-0.05, 0) is 38.0 Å². The molecule has 3 N–H and O–H groups in total. The maximum absolute atomic E-state index is 12.7. The summed E-state index contributed by atoms with van der Waals surface area (Å²) in [6.45, 7) is 1.62. The average molecular weight is 371 g/mol. The molecule has 10 heteroatoms. The summed E-state index contributed by atoms with van der Waals surface area (Å²) >= 11 is 1.10. The van der Waals surface area contributed by atoms with Crippen LogP contribution in [-0.4, -0.2) is 26.0 Å². The molecule has 0 saturated heterocycles. The van der Waals surface area contributed by atoms with Crippen molar-refractivity contribution < 1.29 is 18.0 Å². The van der Waals surface area contributed by atoms with Gasteiger partial charge < -0.3 is 11.2 Å². The van der Waals surface area contributed by atoms with Gasteiger partial charge in [0.1, 0.15) is 0 Å². The second kappa shape index (κ2) is 6.58. The van der Waals surface area contributed by atoms with E-state index in [-0.39, 0.29) is 5.69 Å². The Morgan fingerprint density at radius 1 is 1.40 bits per heavy atom. The van der Waals surface area contributed by atoms with Crippen molar-refractivity contribution >= 4 is 23.4 Å². The van der Waals surface area contributed by atoms with Gasteiger partial charge in [-0.3, -0.25) is 4.79 Å². The van der Waals surface area contributed by atoms with Crippen molar-refractivity contribution in [2.45, 2.75) is 42.3 Å². The number of aromatic nitrogens is 3. The third-order valence-electron chi connectivity index (χ3n) is 3.74. The molecule has 3 rings (SSSR count). The van der Waals surface area contributed by atoms with Crippen LogP contribution in [0.4, 0.5) is 18.9 Å². The van der Waals surface area contributed by atoms with Crippen LogP contribution in [0.2, 0.25) is 0 Å². The number of benzene rings is 1. The van der Waals surface area contributed by atoms with Gasteiger partial charge in [0.2, 0.25) is 11.1 Å². The number of carbonyl (C=O) groups is 1. The number of carbonyl (C=O) groups excluding carboxylic acids is 1. The Morgan fingerprint density at radius 2 is 2.12 bits per heavy atom. The average Bonchev–Trinajstić information content (AvgIpc) is 3.32. The first kappa shape index (κ1) is 17.6. The molecule has 1 saturated carbocycles. The molecule has 6 nitrogen and oxygen atoms in total. The molecule has 25 heavy (non-hydrogen) atoms. The van der Waals surface area contributed by atoms with Crippen LogP contribution in [0.5, 0.6) is 0 Å². The number of anilines is 1. The summed E-state index contributed by atoms with van der Waals surface area (Å²) in [5, 5.41) is 10.3. The van der Waals surface area contributed by atoms with Gasteiger partial charge in [0, 0.05) is 11.6 Å². The van der Waals surface area contributed by atoms with E-state index >= 15 is 0 Å². The lowest BCUT2D eigenvalue weighted by Gasteiger charge is -2.13. The van der Waals surface area contributed by atoms with E-state index in [1.165, 1.54) is 16.8 Å². The highest BCUT2D eigenvalue weighted by Gasteiger charge is 2.32. The fourth-order valence-electron chi connectivity index (χ4n) is 2.22. The zero-order valence-corrected chi connectivity index (χ0v) is 14.1. The molecule has 2 aromatic rings. The molecule has 134 valence electrons. The van der Waals surface area contributed by atoms with E-state index in [1.54, 1.807) is 6.92 Å². The first-order valence-corrected chi connectivity index (χ1v) is 8.49. The van der Waals surface area contributed by atoms with Crippen molar-refractivity contribution in [1.29, 1.82) is 0 Å². The predicted molar refractivity (Wildman–Crippen MR) is 87.5 cm³/mol. The predicted octanol–water partition coefficient (Wildman–Crippen LogP) is 3.01. The third-order valence-corrected chi connectivity index (χ3v) is 4.80. The lowest BCUT2D eigenvalue weighted by atomic mass is 10.2. The second-order valence-corrected chi connectivity index (χ2v) is 7.12. The van der Waals surface area contributed by atoms with Crippen LogP contribution in [0, 0.1) is 0 Å². The molecule has 1 aliphatic rings. The van der Waals surface area contributed by atoms with E-state index in [4.69, 9.17) is 5.84 Å². The van der Waals surface area contributed by atoms with Crippen LogP contribution in [0.15, 0.2) is 29.4 Å². The number of thioether (sulfide) groups is 1. The van der Waals surface area contributed by atoms with Crippen molar-refractivity contribution in [3.05, 3.63) is 35.7 Å². The number of halogens is 3. The van der Waals surface area contributed by atoms with Crippen LogP contribution >= 0.6 is 11.8 Å². The highest BCUT2D eigenvalue weighted by molar-refractivity contribution is 8.00. The SMILES string of the molecule is CC(Sc1nnc(C2CC2)n1N)C(=O)Nc1cccc(C(F)(F)F)c1. The van der Waals surface area contributed by atoms with Crippen molar-refractivity contribution in [3.8, 4) is 0 Å². The number of hydrogen-bond donors (Lipinski definition) is 2. The summed E-state index contributed by atoms with van der Waals surface area (Å²) in [6, 6.07) is 4.49. The van der Waals surface area contributed by atoms with Gasteiger partial charge in [-0.25, -0.2) is 4.68 Å². The number of rotatable bonds is 5. The molecule has 0 radical (unpaired) electrons. The zero-order chi connectivity index (χ0) is 18.2. The van der Waals surface area contributed by atoms with Crippen LogP contribution in [0.3, 0.4) is 0 Å². The van der Waals surface area contributed by atoms with Gasteiger partial charge in [-0.1, -0.05) is 17.8 Å². The standard InChI is InChI=1S/C15H16F3N5OS/c1-8(25-14-22-21-12(23(14)19)9-5-6-9)13(24)20-11-4-2-3-10(7-11)15(16,17)18/h2-4,7-9H,5-6,19H2,1H3,(H,20,24). The van der Waals surface area contributed by atoms with Gasteiger partial charge in [-0.15, -0.1) is 10.2 Å². The second-order valence-electron chi connectivity index (χ2n) is 5.81. The third kappa shape index (κ3) is 4.06. The van der Waals surface area contributed by atoms with Crippen LogP contribution < -0.4 is 11.2 Å². The largest absolute Gasteiger partial charge is 0.416 e. The monoisotopic (exact) mass is 371 g/mol. The zero-order valence-electron chi connectivity index (χ0n) is 13.2. The molecule has 0 spiro atoms. The Bertz CT molecular complexity index is 788. The van der Waals surface area contributed by atoms with Gasteiger partial charge in [0.05, 0.1) is 10.8 Å². The first-order chi connectivity index (χ1) is 11.8. The fraction of sp³-hybridized carbons (Fsp3) is 0.400. The number of nitrogen functional groups attached to an aromatic ring is 1. The molecule has 1 atom stereocenters. The molecule has 1 heterocycles. The molecule has 1 aromatic heterocycles. The molecule has 1 aliphatic carbocycles. The van der Waals surface area contributed by atoms with E-state index in [1.807, 2.05) is 0 Å². The smallest absolute Gasteiger partial charge is 0.336 e. The van der Waals surface area contributed by atoms with Crippen LogP contribution in [0.1, 0.15) is 37.1 Å². The number of nitrogens with one attached hydrogen (secondary N) is 1. The molecule has 0 aliphatic heterocycles. The number of nitrogens with two attached hydrogens (primary N) is 1. The number of hydrogen-bond acceptors (Lipinski definition) is 5. The summed E-state index contributed by atoms with van der Waals surface area (Å²) < 4.78 is 39.5. The maximum Gasteiger partial charge on any atom is 0.416 e. The van der Waals surface area contributed by atoms with Crippen molar-refractivity contribution in [1.82, 2.24) is 14.9 Å². The van der Waals surface area contributed by atoms with Crippen molar-refractivity contribution in [3.63, 3.8) is 0 Å². The lowest BCUT2D eigenvalue weighted by Crippen LogP contribution is -2.24. The molecule has 1 fully saturated rings. The number of alkyl halides is 3. The van der Waals surface area contributed by atoms with E-state index < -0.39 is 22.9 Å². The Labute approximate surface area is 146 Å². The molecule has 1 amide bonds. The Kier molecular flexibility index (Phi) is 4.63. The van der Waals surface area contributed by atoms with E-state index in [2.05, 4.69) is 15.5 Å². The van der Waals surface area contributed by atoms with Crippen LogP contribution in [-0.2, 0) is 11.0 Å². The lowest BCUT2D eigenvalue weighted by molar-refractivity contribution is -0.137. The highest BCUT2D eigenvalue weighted by Crippen LogP contribution is 2.39. The Morgan fingerprint density at radius 3 is 2.76 bits per heavy atom. The summed E-state index contributed by atoms with van der Waals surface area (Å²) in [5.74, 6) is 6.49. The number of nitrogens with zero attached hydrogens (tertiary/aromatic N) is 3. The molecule has 1 unspecified atom stereocenters. The summed E-state index contributed by atoms with van der Waals surface area (Å²) in [7, 11) is 0. The molecule has 1 aromatic carbocycles. The van der Waals surface area contributed by atoms with Gasteiger partial charge in [0.25, 0.3) is 0 Å². The summed E-state index contributed by atoms with van der Waals surface area (Å²) in [5.41, 5.74) is -0.735. The Balaban J connectivity index is 1.65.